The second-order valence-electron chi connectivity index (χ2n) is 4.46. The van der Waals surface area contributed by atoms with Crippen molar-refractivity contribution in [3.8, 4) is 5.95 Å². The van der Waals surface area contributed by atoms with Crippen LogP contribution < -0.4 is 4.90 Å². The molecule has 1 saturated heterocycles. The molecule has 0 N–H and O–H groups in total. The Morgan fingerprint density at radius 3 is 2.47 bits per heavy atom. The van der Waals surface area contributed by atoms with Crippen molar-refractivity contribution in [1.29, 1.82) is 0 Å². The molecule has 2 aromatic heterocycles. The quantitative estimate of drug-likeness (QED) is 0.796. The average Bonchev–Trinajstić information content (AvgIpc) is 2.93. The first-order valence-electron chi connectivity index (χ1n) is 6.06. The minimum absolute atomic E-state index is 0.202. The Kier molecular flexibility index (Phi) is 3.31. The van der Waals surface area contributed by atoms with Crippen LogP contribution in [0.25, 0.3) is 5.95 Å². The average molecular weight is 280 g/mol. The predicted octanol–water partition coefficient (Wildman–Crippen LogP) is 0.462. The van der Waals surface area contributed by atoms with Crippen molar-refractivity contribution in [3.05, 3.63) is 24.0 Å². The van der Waals surface area contributed by atoms with E-state index >= 15 is 0 Å². The lowest BCUT2D eigenvalue weighted by Crippen LogP contribution is -2.45. The summed E-state index contributed by atoms with van der Waals surface area (Å²) in [6.45, 7) is 3.76. The van der Waals surface area contributed by atoms with Gasteiger partial charge in [-0.3, -0.25) is 4.57 Å². The molecule has 0 atom stereocenters. The number of nitrogens with zero attached hydrogens (tertiary/aromatic N) is 7. The maximum Gasteiger partial charge on any atom is 0.241 e. The van der Waals surface area contributed by atoms with Gasteiger partial charge in [0, 0.05) is 38.6 Å². The van der Waals surface area contributed by atoms with Crippen LogP contribution in [-0.4, -0.2) is 62.6 Å². The van der Waals surface area contributed by atoms with Gasteiger partial charge < -0.3 is 9.80 Å². The number of likely N-dealkylation sites (N-methyl/N-ethyl adjacent to an activating group) is 1. The lowest BCUT2D eigenvalue weighted by atomic mass is 10.3. The number of hydrogen-bond acceptors (Lipinski definition) is 6. The second-order valence-corrected chi connectivity index (χ2v) is 4.80. The van der Waals surface area contributed by atoms with Crippen LogP contribution in [0.1, 0.15) is 0 Å². The smallest absolute Gasteiger partial charge is 0.241 e. The minimum atomic E-state index is 0.202. The van der Waals surface area contributed by atoms with Gasteiger partial charge in [0.2, 0.25) is 17.2 Å². The topological polar surface area (TPSA) is 63.0 Å². The van der Waals surface area contributed by atoms with Crippen LogP contribution in [-0.2, 0) is 0 Å². The zero-order chi connectivity index (χ0) is 13.2. The summed E-state index contributed by atoms with van der Waals surface area (Å²) in [5, 5.41) is 0.202. The highest BCUT2D eigenvalue weighted by molar-refractivity contribution is 6.28. The molecule has 7 nitrogen and oxygen atoms in total. The van der Waals surface area contributed by atoms with Gasteiger partial charge in [-0.2, -0.15) is 15.0 Å². The van der Waals surface area contributed by atoms with Crippen molar-refractivity contribution in [2.45, 2.75) is 0 Å². The third-order valence-corrected chi connectivity index (χ3v) is 3.28. The van der Waals surface area contributed by atoms with Crippen molar-refractivity contribution < 1.29 is 0 Å². The van der Waals surface area contributed by atoms with Crippen LogP contribution in [0.4, 0.5) is 5.95 Å². The first-order valence-corrected chi connectivity index (χ1v) is 6.43. The highest BCUT2D eigenvalue weighted by Gasteiger charge is 2.18. The predicted molar refractivity (Wildman–Crippen MR) is 71.7 cm³/mol. The molecular formula is C11H14ClN7. The van der Waals surface area contributed by atoms with Crippen molar-refractivity contribution >= 4 is 17.5 Å². The molecule has 8 heteroatoms. The Labute approximate surface area is 115 Å². The summed E-state index contributed by atoms with van der Waals surface area (Å²) in [6.07, 6.45) is 5.09. The highest BCUT2D eigenvalue weighted by atomic mass is 35.5. The van der Waals surface area contributed by atoms with E-state index in [4.69, 9.17) is 11.6 Å². The van der Waals surface area contributed by atoms with E-state index in [2.05, 4.69) is 36.8 Å². The number of imidazole rings is 1. The highest BCUT2D eigenvalue weighted by Crippen LogP contribution is 2.15. The molecule has 0 bridgehead atoms. The molecule has 0 radical (unpaired) electrons. The first kappa shape index (κ1) is 12.3. The van der Waals surface area contributed by atoms with Gasteiger partial charge in [0.15, 0.2) is 0 Å². The number of anilines is 1. The number of rotatable bonds is 2. The van der Waals surface area contributed by atoms with E-state index in [-0.39, 0.29) is 5.28 Å². The largest absolute Gasteiger partial charge is 0.338 e. The SMILES string of the molecule is CN1CCN(c2nc(Cl)nc(-n3ccnc3)n2)CC1. The van der Waals surface area contributed by atoms with Gasteiger partial charge in [0.1, 0.15) is 6.33 Å². The van der Waals surface area contributed by atoms with Crippen LogP contribution >= 0.6 is 11.6 Å². The molecule has 2 aromatic rings. The molecule has 3 heterocycles. The molecule has 1 aliphatic rings. The summed E-state index contributed by atoms with van der Waals surface area (Å²) in [6, 6.07) is 0. The van der Waals surface area contributed by atoms with Crippen molar-refractivity contribution in [1.82, 2.24) is 29.4 Å². The van der Waals surface area contributed by atoms with Crippen LogP contribution in [0.5, 0.6) is 0 Å². The van der Waals surface area contributed by atoms with E-state index in [1.165, 1.54) is 0 Å². The third kappa shape index (κ3) is 2.66. The monoisotopic (exact) mass is 279 g/mol. The maximum atomic E-state index is 5.98. The van der Waals surface area contributed by atoms with Gasteiger partial charge in [0.05, 0.1) is 0 Å². The van der Waals surface area contributed by atoms with E-state index in [9.17, 15) is 0 Å². The molecular weight excluding hydrogens is 266 g/mol. The zero-order valence-corrected chi connectivity index (χ0v) is 11.3. The molecule has 1 fully saturated rings. The molecule has 100 valence electrons. The summed E-state index contributed by atoms with van der Waals surface area (Å²) < 4.78 is 1.72. The second kappa shape index (κ2) is 5.10. The Hall–Kier alpha value is -1.73. The molecule has 0 unspecified atom stereocenters. The zero-order valence-electron chi connectivity index (χ0n) is 10.6. The fourth-order valence-electron chi connectivity index (χ4n) is 1.97. The van der Waals surface area contributed by atoms with Crippen LogP contribution in [0.2, 0.25) is 5.28 Å². The maximum absolute atomic E-state index is 5.98. The molecule has 0 aliphatic carbocycles. The Bertz CT molecular complexity index is 548. The number of aromatic nitrogens is 5. The Balaban J connectivity index is 1.90. The summed E-state index contributed by atoms with van der Waals surface area (Å²) in [4.78, 5) is 21.1. The summed E-state index contributed by atoms with van der Waals surface area (Å²) in [5.41, 5.74) is 0. The minimum Gasteiger partial charge on any atom is -0.338 e. The number of hydrogen-bond donors (Lipinski definition) is 0. The molecule has 0 saturated carbocycles. The van der Waals surface area contributed by atoms with Crippen molar-refractivity contribution in [2.24, 2.45) is 0 Å². The van der Waals surface area contributed by atoms with Gasteiger partial charge in [-0.15, -0.1) is 0 Å². The number of piperazine rings is 1. The third-order valence-electron chi connectivity index (χ3n) is 3.11. The lowest BCUT2D eigenvalue weighted by Gasteiger charge is -2.32. The van der Waals surface area contributed by atoms with Gasteiger partial charge in [-0.25, -0.2) is 4.98 Å². The summed E-state index contributed by atoms with van der Waals surface area (Å²) in [5.74, 6) is 1.11. The Morgan fingerprint density at radius 1 is 1.05 bits per heavy atom. The van der Waals surface area contributed by atoms with Gasteiger partial charge in [-0.05, 0) is 18.6 Å². The van der Waals surface area contributed by atoms with Gasteiger partial charge in [0.25, 0.3) is 0 Å². The van der Waals surface area contributed by atoms with E-state index in [0.29, 0.717) is 11.9 Å². The van der Waals surface area contributed by atoms with Gasteiger partial charge >= 0.3 is 0 Å². The van der Waals surface area contributed by atoms with E-state index in [1.807, 2.05) is 0 Å². The Morgan fingerprint density at radius 2 is 1.79 bits per heavy atom. The fourth-order valence-corrected chi connectivity index (χ4v) is 2.12. The molecule has 0 aromatic carbocycles. The van der Waals surface area contributed by atoms with E-state index in [1.54, 1.807) is 23.3 Å². The molecule has 0 spiro atoms. The van der Waals surface area contributed by atoms with E-state index < -0.39 is 0 Å². The lowest BCUT2D eigenvalue weighted by molar-refractivity contribution is 0.311. The van der Waals surface area contributed by atoms with Crippen LogP contribution in [0.3, 0.4) is 0 Å². The molecule has 3 rings (SSSR count). The standard InChI is InChI=1S/C11H14ClN7/c1-17-4-6-18(7-5-17)10-14-9(12)15-11(16-10)19-3-2-13-8-19/h2-3,8H,4-7H2,1H3. The van der Waals surface area contributed by atoms with Crippen LogP contribution in [0.15, 0.2) is 18.7 Å². The summed E-state index contributed by atoms with van der Waals surface area (Å²) >= 11 is 5.98. The molecule has 0 amide bonds. The summed E-state index contributed by atoms with van der Waals surface area (Å²) in [7, 11) is 2.11. The number of halogens is 1. The van der Waals surface area contributed by atoms with Crippen LogP contribution in [0, 0.1) is 0 Å². The first-order chi connectivity index (χ1) is 9.22. The van der Waals surface area contributed by atoms with Gasteiger partial charge in [-0.1, -0.05) is 0 Å². The molecule has 19 heavy (non-hydrogen) atoms. The van der Waals surface area contributed by atoms with E-state index in [0.717, 1.165) is 26.2 Å². The fraction of sp³-hybridized carbons (Fsp3) is 0.455. The van der Waals surface area contributed by atoms with Crippen molar-refractivity contribution in [3.63, 3.8) is 0 Å². The van der Waals surface area contributed by atoms with Crippen molar-refractivity contribution in [2.75, 3.05) is 38.1 Å². The molecule has 1 aliphatic heterocycles. The normalized spacial score (nSPS) is 16.8.